The Hall–Kier alpha value is 0.867. The second kappa shape index (κ2) is 5.88. The van der Waals surface area contributed by atoms with Gasteiger partial charge in [0.05, 0.1) is 12.2 Å². The van der Waals surface area contributed by atoms with Crippen LogP contribution in [0.1, 0.15) is 40.5 Å². The predicted molar refractivity (Wildman–Crippen MR) is 84.5 cm³/mol. The Morgan fingerprint density at radius 3 is 2.35 bits per heavy atom. The molecular formula is C13H27IO2Si. The third kappa shape index (κ3) is 4.47. The summed E-state index contributed by atoms with van der Waals surface area (Å²) in [5.41, 5.74) is 0. The van der Waals surface area contributed by atoms with Crippen LogP contribution in [0, 0.1) is 0 Å². The molecular weight excluding hydrogens is 343 g/mol. The van der Waals surface area contributed by atoms with Gasteiger partial charge in [-0.1, -0.05) is 43.4 Å². The molecule has 1 rings (SSSR count). The van der Waals surface area contributed by atoms with Crippen LogP contribution >= 0.6 is 22.6 Å². The number of ether oxygens (including phenoxy) is 1. The molecule has 1 saturated heterocycles. The maximum Gasteiger partial charge on any atom is 0.192 e. The molecule has 0 aromatic carbocycles. The van der Waals surface area contributed by atoms with E-state index in [1.54, 1.807) is 0 Å². The van der Waals surface area contributed by atoms with Crippen LogP contribution in [0.2, 0.25) is 18.1 Å². The van der Waals surface area contributed by atoms with E-state index in [2.05, 4.69) is 63.4 Å². The van der Waals surface area contributed by atoms with Gasteiger partial charge in [0, 0.05) is 10.5 Å². The summed E-state index contributed by atoms with van der Waals surface area (Å²) in [6.45, 7) is 13.8. The zero-order valence-corrected chi connectivity index (χ0v) is 15.2. The summed E-state index contributed by atoms with van der Waals surface area (Å²) in [7, 11) is -1.62. The molecule has 0 aliphatic carbocycles. The number of halogens is 1. The van der Waals surface area contributed by atoms with E-state index < -0.39 is 8.32 Å². The maximum atomic E-state index is 6.50. The van der Waals surface area contributed by atoms with E-state index in [0.717, 1.165) is 17.3 Å². The third-order valence-corrected chi connectivity index (χ3v) is 9.50. The standard InChI is InChI=1S/C13H27IO2Si/c1-10-7-11(8-12(9-14)15-10)16-17(5,6)13(2,3)4/h10-12H,7-9H2,1-6H3/t10-,11+,12-/m0/s1. The molecule has 0 aromatic rings. The molecule has 1 heterocycles. The molecule has 0 bridgehead atoms. The summed E-state index contributed by atoms with van der Waals surface area (Å²) >= 11 is 2.41. The van der Waals surface area contributed by atoms with E-state index in [1.807, 2.05) is 0 Å². The zero-order chi connectivity index (χ0) is 13.3. The number of rotatable bonds is 3. The van der Waals surface area contributed by atoms with E-state index in [0.29, 0.717) is 23.4 Å². The summed E-state index contributed by atoms with van der Waals surface area (Å²) < 4.78 is 13.5. The Morgan fingerprint density at radius 1 is 1.29 bits per heavy atom. The largest absolute Gasteiger partial charge is 0.414 e. The van der Waals surface area contributed by atoms with Crippen LogP contribution in [-0.4, -0.2) is 31.1 Å². The van der Waals surface area contributed by atoms with Gasteiger partial charge >= 0.3 is 0 Å². The van der Waals surface area contributed by atoms with Crippen molar-refractivity contribution < 1.29 is 9.16 Å². The van der Waals surface area contributed by atoms with E-state index in [4.69, 9.17) is 9.16 Å². The van der Waals surface area contributed by atoms with Gasteiger partial charge in [0.2, 0.25) is 0 Å². The average Bonchev–Trinajstić information content (AvgIpc) is 2.14. The first-order valence-corrected chi connectivity index (χ1v) is 11.0. The highest BCUT2D eigenvalue weighted by atomic mass is 127. The van der Waals surface area contributed by atoms with Gasteiger partial charge in [-0.3, -0.25) is 0 Å². The van der Waals surface area contributed by atoms with Crippen molar-refractivity contribution in [1.82, 2.24) is 0 Å². The molecule has 2 nitrogen and oxygen atoms in total. The monoisotopic (exact) mass is 370 g/mol. The Labute approximate surface area is 121 Å². The fraction of sp³-hybridized carbons (Fsp3) is 1.00. The summed E-state index contributed by atoms with van der Waals surface area (Å²) in [6.07, 6.45) is 3.26. The highest BCUT2D eigenvalue weighted by Gasteiger charge is 2.40. The topological polar surface area (TPSA) is 18.5 Å². The van der Waals surface area contributed by atoms with E-state index in [-0.39, 0.29) is 0 Å². The first-order chi connectivity index (χ1) is 7.65. The van der Waals surface area contributed by atoms with Crippen molar-refractivity contribution in [2.45, 2.75) is 77.0 Å². The fourth-order valence-electron chi connectivity index (χ4n) is 1.99. The molecule has 0 unspecified atom stereocenters. The Bertz CT molecular complexity index is 250. The van der Waals surface area contributed by atoms with Gasteiger partial charge in [0.1, 0.15) is 0 Å². The maximum absolute atomic E-state index is 6.50. The number of alkyl halides is 1. The minimum Gasteiger partial charge on any atom is -0.414 e. The van der Waals surface area contributed by atoms with Crippen molar-refractivity contribution in [1.29, 1.82) is 0 Å². The molecule has 0 radical (unpaired) electrons. The first kappa shape index (κ1) is 15.9. The molecule has 0 N–H and O–H groups in total. The summed E-state index contributed by atoms with van der Waals surface area (Å²) in [6, 6.07) is 0. The molecule has 0 spiro atoms. The zero-order valence-electron chi connectivity index (χ0n) is 12.0. The van der Waals surface area contributed by atoms with Crippen molar-refractivity contribution in [3.05, 3.63) is 0 Å². The van der Waals surface area contributed by atoms with Crippen LogP contribution in [0.3, 0.4) is 0 Å². The van der Waals surface area contributed by atoms with E-state index >= 15 is 0 Å². The quantitative estimate of drug-likeness (QED) is 0.417. The lowest BCUT2D eigenvalue weighted by Gasteiger charge is -2.42. The molecule has 102 valence electrons. The van der Waals surface area contributed by atoms with Gasteiger partial charge in [-0.05, 0) is 37.9 Å². The molecule has 1 fully saturated rings. The van der Waals surface area contributed by atoms with Gasteiger partial charge in [0.15, 0.2) is 8.32 Å². The average molecular weight is 370 g/mol. The molecule has 17 heavy (non-hydrogen) atoms. The lowest BCUT2D eigenvalue weighted by atomic mass is 10.0. The van der Waals surface area contributed by atoms with Crippen LogP contribution in [0.25, 0.3) is 0 Å². The van der Waals surface area contributed by atoms with Crippen LogP contribution in [0.5, 0.6) is 0 Å². The summed E-state index contributed by atoms with van der Waals surface area (Å²) in [5.74, 6) is 0. The van der Waals surface area contributed by atoms with Gasteiger partial charge in [0.25, 0.3) is 0 Å². The Kier molecular flexibility index (Phi) is 5.51. The minimum atomic E-state index is -1.62. The molecule has 1 aliphatic rings. The van der Waals surface area contributed by atoms with Crippen LogP contribution < -0.4 is 0 Å². The molecule has 0 aromatic heterocycles. The number of hydrogen-bond donors (Lipinski definition) is 0. The first-order valence-electron chi connectivity index (χ1n) is 6.55. The van der Waals surface area contributed by atoms with Crippen molar-refractivity contribution in [2.75, 3.05) is 4.43 Å². The van der Waals surface area contributed by atoms with Gasteiger partial charge in [-0.2, -0.15) is 0 Å². The highest BCUT2D eigenvalue weighted by Crippen LogP contribution is 2.39. The molecule has 0 saturated carbocycles. The molecule has 1 aliphatic heterocycles. The Morgan fingerprint density at radius 2 is 1.88 bits per heavy atom. The van der Waals surface area contributed by atoms with Gasteiger partial charge < -0.3 is 9.16 Å². The second-order valence-corrected chi connectivity index (χ2v) is 12.3. The summed E-state index contributed by atoms with van der Waals surface area (Å²) in [4.78, 5) is 0. The van der Waals surface area contributed by atoms with Crippen molar-refractivity contribution >= 4 is 30.9 Å². The number of hydrogen-bond acceptors (Lipinski definition) is 2. The van der Waals surface area contributed by atoms with E-state index in [9.17, 15) is 0 Å². The fourth-order valence-corrected chi connectivity index (χ4v) is 3.93. The minimum absolute atomic E-state index is 0.300. The molecule has 3 atom stereocenters. The highest BCUT2D eigenvalue weighted by molar-refractivity contribution is 14.1. The van der Waals surface area contributed by atoms with E-state index in [1.165, 1.54) is 0 Å². The van der Waals surface area contributed by atoms with Crippen LogP contribution in [0.4, 0.5) is 0 Å². The lowest BCUT2D eigenvalue weighted by molar-refractivity contribution is -0.0720. The van der Waals surface area contributed by atoms with Crippen LogP contribution in [-0.2, 0) is 9.16 Å². The molecule has 4 heteroatoms. The smallest absolute Gasteiger partial charge is 0.192 e. The lowest BCUT2D eigenvalue weighted by Crippen LogP contribution is -2.47. The SMILES string of the molecule is C[C@H]1C[C@@H](O[Si](C)(C)C(C)(C)C)C[C@@H](CI)O1. The second-order valence-electron chi connectivity index (χ2n) is 6.69. The van der Waals surface area contributed by atoms with Gasteiger partial charge in [-0.25, -0.2) is 0 Å². The van der Waals surface area contributed by atoms with Crippen LogP contribution in [0.15, 0.2) is 0 Å². The third-order valence-electron chi connectivity index (χ3n) is 3.98. The van der Waals surface area contributed by atoms with Crippen molar-refractivity contribution in [3.8, 4) is 0 Å². The van der Waals surface area contributed by atoms with Crippen molar-refractivity contribution in [2.24, 2.45) is 0 Å². The molecule has 0 amide bonds. The predicted octanol–water partition coefficient (Wildman–Crippen LogP) is 4.38. The summed E-state index contributed by atoms with van der Waals surface area (Å²) in [5, 5.41) is 0.300. The van der Waals surface area contributed by atoms with Crippen molar-refractivity contribution in [3.63, 3.8) is 0 Å². The van der Waals surface area contributed by atoms with Gasteiger partial charge in [-0.15, -0.1) is 0 Å². The Balaban J connectivity index is 2.62. The normalized spacial score (nSPS) is 31.6.